The van der Waals surface area contributed by atoms with Gasteiger partial charge in [0.05, 0.1) is 13.3 Å². The van der Waals surface area contributed by atoms with Crippen molar-refractivity contribution in [3.05, 3.63) is 72.3 Å². The predicted octanol–water partition coefficient (Wildman–Crippen LogP) is 3.06. The maximum atomic E-state index is 12.8. The summed E-state index contributed by atoms with van der Waals surface area (Å²) in [4.78, 5) is 25.1. The number of ether oxygens (including phenoxy) is 2. The molecule has 1 aliphatic rings. The van der Waals surface area contributed by atoms with Crippen LogP contribution in [0.25, 0.3) is 0 Å². The number of imide groups is 1. The molecule has 0 radical (unpaired) electrons. The van der Waals surface area contributed by atoms with E-state index < -0.39 is 17.5 Å². The van der Waals surface area contributed by atoms with Crippen LogP contribution < -0.4 is 14.8 Å². The first-order chi connectivity index (χ1) is 13.5. The fourth-order valence-corrected chi connectivity index (χ4v) is 2.85. The van der Waals surface area contributed by atoms with Crippen LogP contribution in [0, 0.1) is 0 Å². The molecule has 1 heterocycles. The van der Waals surface area contributed by atoms with Crippen molar-refractivity contribution in [1.82, 2.24) is 10.3 Å². The molecule has 7 nitrogen and oxygen atoms in total. The number of urea groups is 1. The van der Waals surface area contributed by atoms with E-state index in [-0.39, 0.29) is 0 Å². The van der Waals surface area contributed by atoms with Crippen LogP contribution in [0.3, 0.4) is 0 Å². The van der Waals surface area contributed by atoms with Gasteiger partial charge < -0.3 is 14.8 Å². The highest BCUT2D eigenvalue weighted by molar-refractivity contribution is 6.07. The number of hydrazone groups is 1. The fourth-order valence-electron chi connectivity index (χ4n) is 2.85. The van der Waals surface area contributed by atoms with Gasteiger partial charge in [0.25, 0.3) is 5.91 Å². The molecule has 144 valence electrons. The van der Waals surface area contributed by atoms with Crippen molar-refractivity contribution in [1.29, 1.82) is 0 Å². The molecular weight excluding hydrogens is 358 g/mol. The van der Waals surface area contributed by atoms with E-state index in [1.807, 2.05) is 18.2 Å². The van der Waals surface area contributed by atoms with Crippen LogP contribution in [0.1, 0.15) is 18.1 Å². The summed E-state index contributed by atoms with van der Waals surface area (Å²) in [6.07, 6.45) is 3.06. The summed E-state index contributed by atoms with van der Waals surface area (Å²) in [6.45, 7) is 5.62. The topological polar surface area (TPSA) is 80.2 Å². The Morgan fingerprint density at radius 2 is 1.93 bits per heavy atom. The second-order valence-electron chi connectivity index (χ2n) is 6.29. The van der Waals surface area contributed by atoms with Gasteiger partial charge in [0.1, 0.15) is 12.1 Å². The van der Waals surface area contributed by atoms with Crippen molar-refractivity contribution in [2.75, 3.05) is 13.7 Å². The minimum Gasteiger partial charge on any atom is -0.493 e. The Morgan fingerprint density at radius 3 is 2.61 bits per heavy atom. The Balaban J connectivity index is 1.81. The van der Waals surface area contributed by atoms with E-state index in [1.165, 1.54) is 13.3 Å². The van der Waals surface area contributed by atoms with Crippen molar-refractivity contribution < 1.29 is 19.1 Å². The summed E-state index contributed by atoms with van der Waals surface area (Å²) >= 11 is 0. The SMILES string of the molecule is C=CCOc1ccc(/C=N\N2C(=O)N[C@@](C)(c3ccccc3)C2=O)cc1OC. The maximum absolute atomic E-state index is 12.8. The molecule has 0 unspecified atom stereocenters. The molecule has 0 saturated carbocycles. The average molecular weight is 379 g/mol. The molecule has 1 saturated heterocycles. The lowest BCUT2D eigenvalue weighted by Crippen LogP contribution is -2.40. The number of carbonyl (C=O) groups is 2. The highest BCUT2D eigenvalue weighted by atomic mass is 16.5. The van der Waals surface area contributed by atoms with Crippen LogP contribution in [0.15, 0.2) is 66.3 Å². The number of methoxy groups -OCH3 is 1. The first kappa shape index (κ1) is 19.2. The van der Waals surface area contributed by atoms with Crippen LogP contribution in [-0.4, -0.2) is 36.9 Å². The molecule has 7 heteroatoms. The van der Waals surface area contributed by atoms with E-state index in [4.69, 9.17) is 9.47 Å². The standard InChI is InChI=1S/C21H21N3O4/c1-4-12-28-17-11-10-15(13-18(17)27-3)14-22-24-19(25)21(2,23-20(24)26)16-8-6-5-7-9-16/h4-11,13-14H,1,12H2,2-3H3,(H,23,26)/b22-14-/t21-/m0/s1. The summed E-state index contributed by atoms with van der Waals surface area (Å²) in [7, 11) is 1.53. The molecular formula is C21H21N3O4. The zero-order valence-electron chi connectivity index (χ0n) is 15.7. The number of nitrogens with zero attached hydrogens (tertiary/aromatic N) is 2. The van der Waals surface area contributed by atoms with Gasteiger partial charge in [-0.25, -0.2) is 4.79 Å². The summed E-state index contributed by atoms with van der Waals surface area (Å²) < 4.78 is 10.8. The molecule has 28 heavy (non-hydrogen) atoms. The van der Waals surface area contributed by atoms with Crippen molar-refractivity contribution in [3.8, 4) is 11.5 Å². The van der Waals surface area contributed by atoms with Crippen LogP contribution in [0.5, 0.6) is 11.5 Å². The van der Waals surface area contributed by atoms with Crippen LogP contribution in [-0.2, 0) is 10.3 Å². The third-order valence-electron chi connectivity index (χ3n) is 4.39. The second-order valence-corrected chi connectivity index (χ2v) is 6.29. The van der Waals surface area contributed by atoms with Crippen molar-refractivity contribution in [2.24, 2.45) is 5.10 Å². The molecule has 0 spiro atoms. The van der Waals surface area contributed by atoms with Crippen molar-refractivity contribution in [2.45, 2.75) is 12.5 Å². The summed E-state index contributed by atoms with van der Waals surface area (Å²) in [6, 6.07) is 13.7. The molecule has 2 aromatic carbocycles. The van der Waals surface area contributed by atoms with E-state index >= 15 is 0 Å². The number of amides is 3. The Bertz CT molecular complexity index is 927. The minimum absolute atomic E-state index is 0.352. The van der Waals surface area contributed by atoms with Gasteiger partial charge in [0.15, 0.2) is 11.5 Å². The normalized spacial score (nSPS) is 19.0. The Morgan fingerprint density at radius 1 is 1.18 bits per heavy atom. The van der Waals surface area contributed by atoms with E-state index in [0.717, 1.165) is 5.01 Å². The van der Waals surface area contributed by atoms with Gasteiger partial charge in [-0.1, -0.05) is 43.0 Å². The molecule has 0 aliphatic carbocycles. The van der Waals surface area contributed by atoms with E-state index in [1.54, 1.807) is 43.3 Å². The highest BCUT2D eigenvalue weighted by Crippen LogP contribution is 2.30. The molecule has 1 fully saturated rings. The van der Waals surface area contributed by atoms with Crippen LogP contribution in [0.2, 0.25) is 0 Å². The van der Waals surface area contributed by atoms with Gasteiger partial charge in [-0.3, -0.25) is 4.79 Å². The highest BCUT2D eigenvalue weighted by Gasteiger charge is 2.49. The second kappa shape index (κ2) is 7.96. The Hall–Kier alpha value is -3.61. The number of carbonyl (C=O) groups excluding carboxylic acids is 2. The maximum Gasteiger partial charge on any atom is 0.346 e. The molecule has 1 atom stereocenters. The zero-order valence-corrected chi connectivity index (χ0v) is 15.7. The average Bonchev–Trinajstić information content (AvgIpc) is 2.95. The minimum atomic E-state index is -1.16. The van der Waals surface area contributed by atoms with Gasteiger partial charge in [0.2, 0.25) is 0 Å². The van der Waals surface area contributed by atoms with E-state index in [0.29, 0.717) is 29.2 Å². The first-order valence-electron chi connectivity index (χ1n) is 8.67. The molecule has 1 aliphatic heterocycles. The van der Waals surface area contributed by atoms with Gasteiger partial charge in [-0.2, -0.15) is 5.10 Å². The van der Waals surface area contributed by atoms with E-state index in [2.05, 4.69) is 17.0 Å². The zero-order chi connectivity index (χ0) is 20.1. The van der Waals surface area contributed by atoms with E-state index in [9.17, 15) is 9.59 Å². The lowest BCUT2D eigenvalue weighted by Gasteiger charge is -2.20. The molecule has 3 rings (SSSR count). The third-order valence-corrected chi connectivity index (χ3v) is 4.39. The number of nitrogens with one attached hydrogen (secondary N) is 1. The molecule has 3 amide bonds. The summed E-state index contributed by atoms with van der Waals surface area (Å²) in [5.41, 5.74) is 0.184. The number of benzene rings is 2. The summed E-state index contributed by atoms with van der Waals surface area (Å²) in [5.74, 6) is 0.626. The van der Waals surface area contributed by atoms with Crippen molar-refractivity contribution in [3.63, 3.8) is 0 Å². The number of hydrogen-bond acceptors (Lipinski definition) is 5. The van der Waals surface area contributed by atoms with Crippen LogP contribution >= 0.6 is 0 Å². The molecule has 1 N–H and O–H groups in total. The first-order valence-corrected chi connectivity index (χ1v) is 8.67. The Kier molecular flexibility index (Phi) is 5.44. The van der Waals surface area contributed by atoms with Gasteiger partial charge in [-0.05, 0) is 36.2 Å². The monoisotopic (exact) mass is 379 g/mol. The van der Waals surface area contributed by atoms with Gasteiger partial charge in [-0.15, -0.1) is 5.01 Å². The molecule has 0 aromatic heterocycles. The smallest absolute Gasteiger partial charge is 0.346 e. The molecule has 2 aromatic rings. The Labute approximate surface area is 163 Å². The quantitative estimate of drug-likeness (QED) is 0.455. The lowest BCUT2D eigenvalue weighted by atomic mass is 9.92. The van der Waals surface area contributed by atoms with Gasteiger partial charge >= 0.3 is 6.03 Å². The van der Waals surface area contributed by atoms with Gasteiger partial charge in [0, 0.05) is 0 Å². The summed E-state index contributed by atoms with van der Waals surface area (Å²) in [5, 5.41) is 7.62. The predicted molar refractivity (Wildman–Crippen MR) is 105 cm³/mol. The third kappa shape index (κ3) is 3.59. The van der Waals surface area contributed by atoms with Crippen molar-refractivity contribution >= 4 is 18.2 Å². The van der Waals surface area contributed by atoms with Crippen LogP contribution in [0.4, 0.5) is 4.79 Å². The number of rotatable bonds is 7. The fraction of sp³-hybridized carbons (Fsp3) is 0.190. The largest absolute Gasteiger partial charge is 0.493 e. The lowest BCUT2D eigenvalue weighted by molar-refractivity contribution is -0.131. The molecule has 0 bridgehead atoms. The number of hydrogen-bond donors (Lipinski definition) is 1.